The van der Waals surface area contributed by atoms with Crippen molar-refractivity contribution in [3.8, 4) is 0 Å². The number of aliphatic hydroxyl groups is 1. The van der Waals surface area contributed by atoms with Crippen molar-refractivity contribution in [2.45, 2.75) is 12.3 Å². The van der Waals surface area contributed by atoms with Gasteiger partial charge >= 0.3 is 0 Å². The number of benzene rings is 2. The Hall–Kier alpha value is -2.98. The van der Waals surface area contributed by atoms with E-state index in [0.29, 0.717) is 13.0 Å². The number of carbonyl (C=O) groups excluding carboxylic acids is 1. The number of hydrogen-bond donors (Lipinski definition) is 2. The molecule has 0 aliphatic carbocycles. The number of nitrogens with zero attached hydrogens (tertiary/aromatic N) is 1. The number of aromatic nitrogens is 1. The number of aliphatic hydroxyl groups excluding tert-OH is 1. The molecular formula is C22H22N2O2. The molecule has 132 valence electrons. The highest BCUT2D eigenvalue weighted by Crippen LogP contribution is 2.18. The number of para-hydroxylation sites is 1. The van der Waals surface area contributed by atoms with Gasteiger partial charge in [0.15, 0.2) is 0 Å². The predicted octanol–water partition coefficient (Wildman–Crippen LogP) is 3.53. The fourth-order valence-corrected chi connectivity index (χ4v) is 2.89. The van der Waals surface area contributed by atoms with Crippen molar-refractivity contribution in [2.24, 2.45) is 0 Å². The van der Waals surface area contributed by atoms with E-state index in [-0.39, 0.29) is 18.4 Å². The van der Waals surface area contributed by atoms with Crippen LogP contribution in [0.5, 0.6) is 0 Å². The van der Waals surface area contributed by atoms with Crippen LogP contribution < -0.4 is 5.32 Å². The maximum atomic E-state index is 12.1. The van der Waals surface area contributed by atoms with Gasteiger partial charge in [0.05, 0.1) is 11.2 Å². The van der Waals surface area contributed by atoms with E-state index in [9.17, 15) is 9.90 Å². The Labute approximate surface area is 153 Å². The minimum Gasteiger partial charge on any atom is -0.396 e. The van der Waals surface area contributed by atoms with E-state index in [1.165, 1.54) is 6.08 Å². The third-order valence-corrected chi connectivity index (χ3v) is 4.30. The Morgan fingerprint density at radius 2 is 1.81 bits per heavy atom. The number of hydrogen-bond acceptors (Lipinski definition) is 3. The second-order valence-corrected chi connectivity index (χ2v) is 6.13. The van der Waals surface area contributed by atoms with Crippen LogP contribution in [0.3, 0.4) is 0 Å². The van der Waals surface area contributed by atoms with Crippen molar-refractivity contribution >= 4 is 22.9 Å². The largest absolute Gasteiger partial charge is 0.396 e. The standard InChI is InChI=1S/C22H22N2O2/c25-15-14-19(17-6-2-1-3-7-17)16-23-22(26)13-12-20-11-10-18-8-4-5-9-21(18)24-20/h1-13,19,25H,14-16H2,(H,23,26)/b13-12+. The smallest absolute Gasteiger partial charge is 0.244 e. The molecule has 3 aromatic rings. The van der Waals surface area contributed by atoms with Gasteiger partial charge in [0.25, 0.3) is 0 Å². The monoisotopic (exact) mass is 346 g/mol. The van der Waals surface area contributed by atoms with Gasteiger partial charge in [-0.2, -0.15) is 0 Å². The molecule has 1 heterocycles. The average Bonchev–Trinajstić information content (AvgIpc) is 2.70. The van der Waals surface area contributed by atoms with Crippen LogP contribution in [-0.2, 0) is 4.79 Å². The van der Waals surface area contributed by atoms with Crippen LogP contribution in [0.2, 0.25) is 0 Å². The summed E-state index contributed by atoms with van der Waals surface area (Å²) in [5.74, 6) is -0.0730. The molecule has 26 heavy (non-hydrogen) atoms. The number of amides is 1. The van der Waals surface area contributed by atoms with Crippen molar-refractivity contribution in [3.05, 3.63) is 84.1 Å². The van der Waals surface area contributed by atoms with Gasteiger partial charge in [0, 0.05) is 30.5 Å². The number of fused-ring (bicyclic) bond motifs is 1. The highest BCUT2D eigenvalue weighted by atomic mass is 16.3. The van der Waals surface area contributed by atoms with Crippen molar-refractivity contribution in [3.63, 3.8) is 0 Å². The number of rotatable bonds is 7. The Bertz CT molecular complexity index is 891. The maximum absolute atomic E-state index is 12.1. The van der Waals surface area contributed by atoms with Gasteiger partial charge in [-0.15, -0.1) is 0 Å². The zero-order valence-electron chi connectivity index (χ0n) is 14.5. The lowest BCUT2D eigenvalue weighted by Gasteiger charge is -2.16. The van der Waals surface area contributed by atoms with E-state index in [4.69, 9.17) is 0 Å². The molecule has 1 aromatic heterocycles. The van der Waals surface area contributed by atoms with Crippen LogP contribution in [-0.4, -0.2) is 29.1 Å². The van der Waals surface area contributed by atoms with Crippen molar-refractivity contribution in [1.82, 2.24) is 10.3 Å². The quantitative estimate of drug-likeness (QED) is 0.643. The van der Waals surface area contributed by atoms with Gasteiger partial charge < -0.3 is 10.4 Å². The molecule has 1 amide bonds. The fraction of sp³-hybridized carbons (Fsp3) is 0.182. The van der Waals surface area contributed by atoms with Crippen LogP contribution in [0.1, 0.15) is 23.6 Å². The van der Waals surface area contributed by atoms with Crippen LogP contribution in [0.25, 0.3) is 17.0 Å². The summed E-state index contributed by atoms with van der Waals surface area (Å²) in [6.07, 6.45) is 3.82. The third-order valence-electron chi connectivity index (χ3n) is 4.30. The Morgan fingerprint density at radius 3 is 2.62 bits per heavy atom. The number of nitrogens with one attached hydrogen (secondary N) is 1. The SMILES string of the molecule is O=C(/C=C/c1ccc2ccccc2n1)NCC(CCO)c1ccccc1. The van der Waals surface area contributed by atoms with Crippen molar-refractivity contribution < 1.29 is 9.90 Å². The molecule has 4 nitrogen and oxygen atoms in total. The lowest BCUT2D eigenvalue weighted by molar-refractivity contribution is -0.116. The Kier molecular flexibility index (Phi) is 6.12. The van der Waals surface area contributed by atoms with E-state index in [1.54, 1.807) is 6.08 Å². The minimum atomic E-state index is -0.168. The van der Waals surface area contributed by atoms with Crippen LogP contribution >= 0.6 is 0 Å². The van der Waals surface area contributed by atoms with Gasteiger partial charge in [0.2, 0.25) is 5.91 Å². The molecule has 0 saturated heterocycles. The summed E-state index contributed by atoms with van der Waals surface area (Å²) in [6.45, 7) is 0.575. The first-order chi connectivity index (χ1) is 12.8. The Morgan fingerprint density at radius 1 is 1.04 bits per heavy atom. The molecule has 4 heteroatoms. The molecule has 2 N–H and O–H groups in total. The van der Waals surface area contributed by atoms with Crippen molar-refractivity contribution in [1.29, 1.82) is 0 Å². The zero-order chi connectivity index (χ0) is 18.2. The van der Waals surface area contributed by atoms with Gasteiger partial charge in [-0.05, 0) is 30.2 Å². The first-order valence-corrected chi connectivity index (χ1v) is 8.74. The molecule has 0 fully saturated rings. The summed E-state index contributed by atoms with van der Waals surface area (Å²) in [5.41, 5.74) is 2.76. The summed E-state index contributed by atoms with van der Waals surface area (Å²) >= 11 is 0. The first-order valence-electron chi connectivity index (χ1n) is 8.74. The molecule has 0 aliphatic rings. The van der Waals surface area contributed by atoms with E-state index < -0.39 is 0 Å². The van der Waals surface area contributed by atoms with Gasteiger partial charge in [-0.1, -0.05) is 54.6 Å². The molecule has 0 saturated carbocycles. The molecule has 0 aliphatic heterocycles. The second kappa shape index (κ2) is 8.92. The van der Waals surface area contributed by atoms with Gasteiger partial charge in [-0.25, -0.2) is 4.98 Å². The molecule has 2 aromatic carbocycles. The van der Waals surface area contributed by atoms with E-state index >= 15 is 0 Å². The Balaban J connectivity index is 1.60. The van der Waals surface area contributed by atoms with Gasteiger partial charge in [0.1, 0.15) is 0 Å². The fourth-order valence-electron chi connectivity index (χ4n) is 2.89. The lowest BCUT2D eigenvalue weighted by Crippen LogP contribution is -2.27. The molecule has 3 rings (SSSR count). The van der Waals surface area contributed by atoms with Crippen molar-refractivity contribution in [2.75, 3.05) is 13.2 Å². The van der Waals surface area contributed by atoms with E-state index in [2.05, 4.69) is 10.3 Å². The summed E-state index contributed by atoms with van der Waals surface area (Å²) in [7, 11) is 0. The van der Waals surface area contributed by atoms with Crippen LogP contribution in [0.15, 0.2) is 72.8 Å². The zero-order valence-corrected chi connectivity index (χ0v) is 14.5. The minimum absolute atomic E-state index is 0.0896. The maximum Gasteiger partial charge on any atom is 0.244 e. The predicted molar refractivity (Wildman–Crippen MR) is 105 cm³/mol. The molecular weight excluding hydrogens is 324 g/mol. The average molecular weight is 346 g/mol. The number of pyridine rings is 1. The molecule has 1 unspecified atom stereocenters. The van der Waals surface area contributed by atoms with E-state index in [1.807, 2.05) is 66.7 Å². The van der Waals surface area contributed by atoms with E-state index in [0.717, 1.165) is 22.2 Å². The van der Waals surface area contributed by atoms with Gasteiger partial charge in [-0.3, -0.25) is 4.79 Å². The van der Waals surface area contributed by atoms with Crippen LogP contribution in [0, 0.1) is 0 Å². The third kappa shape index (κ3) is 4.77. The highest BCUT2D eigenvalue weighted by Gasteiger charge is 2.11. The molecule has 0 spiro atoms. The lowest BCUT2D eigenvalue weighted by atomic mass is 9.96. The first kappa shape index (κ1) is 17.8. The second-order valence-electron chi connectivity index (χ2n) is 6.13. The molecule has 0 bridgehead atoms. The van der Waals surface area contributed by atoms with Crippen LogP contribution in [0.4, 0.5) is 0 Å². The molecule has 0 radical (unpaired) electrons. The summed E-state index contributed by atoms with van der Waals surface area (Å²) in [4.78, 5) is 16.7. The summed E-state index contributed by atoms with van der Waals surface area (Å²) in [5, 5.41) is 13.2. The topological polar surface area (TPSA) is 62.2 Å². The molecule has 1 atom stereocenters. The number of carbonyl (C=O) groups is 1. The normalized spacial score (nSPS) is 12.3. The highest BCUT2D eigenvalue weighted by molar-refractivity contribution is 5.92. The summed E-state index contributed by atoms with van der Waals surface area (Å²) < 4.78 is 0. The summed E-state index contributed by atoms with van der Waals surface area (Å²) in [6, 6.07) is 21.7.